The molecule has 1 atom stereocenters. The second-order valence-corrected chi connectivity index (χ2v) is 9.75. The first-order valence-corrected chi connectivity index (χ1v) is 11.0. The van der Waals surface area contributed by atoms with E-state index in [-0.39, 0.29) is 15.8 Å². The van der Waals surface area contributed by atoms with Crippen molar-refractivity contribution < 1.29 is 13.2 Å². The smallest absolute Gasteiger partial charge is 0.253 e. The Morgan fingerprint density at radius 1 is 1.39 bits per heavy atom. The van der Waals surface area contributed by atoms with Crippen LogP contribution in [0.5, 0.6) is 0 Å². The summed E-state index contributed by atoms with van der Waals surface area (Å²) in [6.07, 6.45) is 5.36. The Bertz CT molecular complexity index is 973. The van der Waals surface area contributed by atoms with Crippen molar-refractivity contribution in [1.29, 1.82) is 0 Å². The van der Waals surface area contributed by atoms with Gasteiger partial charge in [-0.1, -0.05) is 18.5 Å². The highest BCUT2D eigenvalue weighted by Crippen LogP contribution is 2.29. The third-order valence-electron chi connectivity index (χ3n) is 4.94. The number of aryl methyl sites for hydroxylation is 1. The first kappa shape index (κ1) is 20.8. The first-order valence-electron chi connectivity index (χ1n) is 9.21. The Hall–Kier alpha value is -1.90. The molecule has 152 valence electrons. The summed E-state index contributed by atoms with van der Waals surface area (Å²) in [5, 5.41) is 4.22. The Morgan fingerprint density at radius 2 is 2.14 bits per heavy atom. The molecule has 0 spiro atoms. The minimum absolute atomic E-state index is 0.0103. The van der Waals surface area contributed by atoms with Crippen LogP contribution in [0.25, 0.3) is 0 Å². The van der Waals surface area contributed by atoms with Gasteiger partial charge in [0.05, 0.1) is 11.2 Å². The molecule has 1 saturated heterocycles. The largest absolute Gasteiger partial charge is 0.337 e. The summed E-state index contributed by atoms with van der Waals surface area (Å²) in [4.78, 5) is 14.3. The average molecular weight is 425 g/mol. The SMILES string of the molecule is CC1CCCN(S(=O)(=O)c2cc(C(=O)N(C)Cc3cnn(C)c3)ccc2Cl)C1. The average Bonchev–Trinajstić information content (AvgIpc) is 3.06. The number of amides is 1. The van der Waals surface area contributed by atoms with Crippen LogP contribution in [-0.4, -0.2) is 53.4 Å². The Morgan fingerprint density at radius 3 is 2.79 bits per heavy atom. The number of halogens is 1. The molecular formula is C19H25ClN4O3S. The van der Waals surface area contributed by atoms with Crippen molar-refractivity contribution in [2.75, 3.05) is 20.1 Å². The van der Waals surface area contributed by atoms with Crippen LogP contribution in [0.3, 0.4) is 0 Å². The molecule has 2 heterocycles. The molecule has 2 aromatic rings. The standard InChI is InChI=1S/C19H25ClN4O3S/c1-14-5-4-8-24(11-14)28(26,27)18-9-16(6-7-17(18)20)19(25)22(2)12-15-10-21-23(3)13-15/h6-7,9-10,13-14H,4-5,8,11-12H2,1-3H3. The minimum Gasteiger partial charge on any atom is -0.337 e. The molecule has 1 aliphatic rings. The normalized spacial score (nSPS) is 18.2. The molecule has 7 nitrogen and oxygen atoms in total. The number of sulfonamides is 1. The van der Waals surface area contributed by atoms with Crippen molar-refractivity contribution in [3.8, 4) is 0 Å². The number of hydrogen-bond acceptors (Lipinski definition) is 4. The van der Waals surface area contributed by atoms with Gasteiger partial charge in [-0.2, -0.15) is 9.40 Å². The maximum absolute atomic E-state index is 13.1. The van der Waals surface area contributed by atoms with E-state index < -0.39 is 10.0 Å². The van der Waals surface area contributed by atoms with Gasteiger partial charge in [-0.15, -0.1) is 0 Å². The van der Waals surface area contributed by atoms with Gasteiger partial charge in [0, 0.05) is 51.1 Å². The predicted octanol–water partition coefficient (Wildman–Crippen LogP) is 2.77. The zero-order valence-electron chi connectivity index (χ0n) is 16.3. The zero-order chi connectivity index (χ0) is 20.5. The molecule has 0 bridgehead atoms. The van der Waals surface area contributed by atoms with E-state index in [1.165, 1.54) is 21.3 Å². The van der Waals surface area contributed by atoms with Crippen molar-refractivity contribution in [3.05, 3.63) is 46.7 Å². The second kappa shape index (κ2) is 8.23. The third-order valence-corrected chi connectivity index (χ3v) is 7.29. The Kier molecular flexibility index (Phi) is 6.12. The molecule has 3 rings (SSSR count). The number of aromatic nitrogens is 2. The van der Waals surface area contributed by atoms with Crippen molar-refractivity contribution in [2.24, 2.45) is 13.0 Å². The monoisotopic (exact) mass is 424 g/mol. The van der Waals surface area contributed by atoms with E-state index in [9.17, 15) is 13.2 Å². The maximum atomic E-state index is 13.1. The number of piperidine rings is 1. The van der Waals surface area contributed by atoms with Crippen LogP contribution in [0, 0.1) is 5.92 Å². The van der Waals surface area contributed by atoms with Gasteiger partial charge < -0.3 is 4.90 Å². The Balaban J connectivity index is 1.85. The van der Waals surface area contributed by atoms with Crippen molar-refractivity contribution in [1.82, 2.24) is 19.0 Å². The number of hydrogen-bond donors (Lipinski definition) is 0. The molecule has 0 radical (unpaired) electrons. The van der Waals surface area contributed by atoms with Gasteiger partial charge in [-0.3, -0.25) is 9.48 Å². The molecule has 0 N–H and O–H groups in total. The number of carbonyl (C=O) groups is 1. The van der Waals surface area contributed by atoms with Crippen LogP contribution in [0.15, 0.2) is 35.5 Å². The molecule has 1 aromatic heterocycles. The van der Waals surface area contributed by atoms with Crippen molar-refractivity contribution in [2.45, 2.75) is 31.2 Å². The van der Waals surface area contributed by atoms with E-state index in [1.807, 2.05) is 20.2 Å². The van der Waals surface area contributed by atoms with Crippen LogP contribution in [0.1, 0.15) is 35.7 Å². The highest BCUT2D eigenvalue weighted by molar-refractivity contribution is 7.89. The van der Waals surface area contributed by atoms with Crippen LogP contribution >= 0.6 is 11.6 Å². The van der Waals surface area contributed by atoms with Crippen LogP contribution in [0.4, 0.5) is 0 Å². The van der Waals surface area contributed by atoms with Crippen LogP contribution in [-0.2, 0) is 23.6 Å². The minimum atomic E-state index is -3.75. The van der Waals surface area contributed by atoms with E-state index >= 15 is 0 Å². The predicted molar refractivity (Wildman–Crippen MR) is 108 cm³/mol. The summed E-state index contributed by atoms with van der Waals surface area (Å²) < 4.78 is 29.3. The second-order valence-electron chi connectivity index (χ2n) is 7.44. The molecule has 1 unspecified atom stereocenters. The molecule has 0 saturated carbocycles. The van der Waals surface area contributed by atoms with E-state index in [4.69, 9.17) is 11.6 Å². The molecule has 1 amide bonds. The molecule has 28 heavy (non-hydrogen) atoms. The molecule has 1 aliphatic heterocycles. The fourth-order valence-electron chi connectivity index (χ4n) is 3.46. The van der Waals surface area contributed by atoms with Gasteiger partial charge in [0.2, 0.25) is 10.0 Å². The van der Waals surface area contributed by atoms with Gasteiger partial charge in [-0.05, 0) is 37.0 Å². The number of rotatable bonds is 5. The van der Waals surface area contributed by atoms with Gasteiger partial charge in [0.25, 0.3) is 5.91 Å². The highest BCUT2D eigenvalue weighted by Gasteiger charge is 2.31. The number of benzene rings is 1. The highest BCUT2D eigenvalue weighted by atomic mass is 35.5. The summed E-state index contributed by atoms with van der Waals surface area (Å²) in [5.41, 5.74) is 1.18. The third kappa shape index (κ3) is 4.39. The van der Waals surface area contributed by atoms with Crippen molar-refractivity contribution in [3.63, 3.8) is 0 Å². The fraction of sp³-hybridized carbons (Fsp3) is 0.474. The fourth-order valence-corrected chi connectivity index (χ4v) is 5.56. The summed E-state index contributed by atoms with van der Waals surface area (Å²) in [6, 6.07) is 4.42. The van der Waals surface area contributed by atoms with E-state index in [1.54, 1.807) is 24.0 Å². The topological polar surface area (TPSA) is 75.5 Å². The zero-order valence-corrected chi connectivity index (χ0v) is 17.9. The lowest BCUT2D eigenvalue weighted by molar-refractivity contribution is 0.0785. The Labute approximate surface area is 170 Å². The lowest BCUT2D eigenvalue weighted by atomic mass is 10.0. The lowest BCUT2D eigenvalue weighted by Crippen LogP contribution is -2.39. The van der Waals surface area contributed by atoms with Gasteiger partial charge >= 0.3 is 0 Å². The van der Waals surface area contributed by atoms with E-state index in [0.29, 0.717) is 31.1 Å². The van der Waals surface area contributed by atoms with E-state index in [0.717, 1.165) is 18.4 Å². The summed E-state index contributed by atoms with van der Waals surface area (Å²) >= 11 is 6.21. The summed E-state index contributed by atoms with van der Waals surface area (Å²) in [6.45, 7) is 3.36. The molecule has 1 fully saturated rings. The first-order chi connectivity index (χ1) is 13.2. The quantitative estimate of drug-likeness (QED) is 0.739. The summed E-state index contributed by atoms with van der Waals surface area (Å²) in [5.74, 6) is 0.0294. The number of nitrogens with zero attached hydrogens (tertiary/aromatic N) is 4. The molecule has 1 aromatic carbocycles. The van der Waals surface area contributed by atoms with Crippen molar-refractivity contribution >= 4 is 27.5 Å². The lowest BCUT2D eigenvalue weighted by Gasteiger charge is -2.30. The van der Waals surface area contributed by atoms with Gasteiger partial charge in [0.1, 0.15) is 4.90 Å². The van der Waals surface area contributed by atoms with Crippen LogP contribution in [0.2, 0.25) is 5.02 Å². The maximum Gasteiger partial charge on any atom is 0.253 e. The molecule has 9 heteroatoms. The van der Waals surface area contributed by atoms with Gasteiger partial charge in [0.15, 0.2) is 0 Å². The number of carbonyl (C=O) groups excluding carboxylic acids is 1. The van der Waals surface area contributed by atoms with E-state index in [2.05, 4.69) is 5.10 Å². The van der Waals surface area contributed by atoms with Crippen LogP contribution < -0.4 is 0 Å². The molecular weight excluding hydrogens is 400 g/mol. The summed E-state index contributed by atoms with van der Waals surface area (Å²) in [7, 11) is -0.266. The molecule has 0 aliphatic carbocycles. The van der Waals surface area contributed by atoms with Gasteiger partial charge in [-0.25, -0.2) is 8.42 Å².